The van der Waals surface area contributed by atoms with E-state index in [0.29, 0.717) is 6.54 Å². The van der Waals surface area contributed by atoms with Crippen LogP contribution in [0.4, 0.5) is 11.5 Å². The lowest BCUT2D eigenvalue weighted by molar-refractivity contribution is -0.385. The molecule has 1 aromatic heterocycles. The van der Waals surface area contributed by atoms with E-state index in [-0.39, 0.29) is 23.0 Å². The van der Waals surface area contributed by atoms with Crippen molar-refractivity contribution >= 4 is 11.5 Å². The van der Waals surface area contributed by atoms with Crippen LogP contribution in [0.25, 0.3) is 0 Å². The van der Waals surface area contributed by atoms with E-state index >= 15 is 0 Å². The molecule has 0 aliphatic heterocycles. The summed E-state index contributed by atoms with van der Waals surface area (Å²) in [5.74, 6) is 0.193. The van der Waals surface area contributed by atoms with Gasteiger partial charge >= 0.3 is 5.69 Å². The molecule has 1 aliphatic rings. The van der Waals surface area contributed by atoms with Gasteiger partial charge < -0.3 is 10.1 Å². The number of aromatic nitrogens is 2. The maximum absolute atomic E-state index is 11.4. The van der Waals surface area contributed by atoms with Crippen molar-refractivity contribution in [3.05, 3.63) is 52.3 Å². The fraction of sp³-hybridized carbons (Fsp3) is 0.333. The summed E-state index contributed by atoms with van der Waals surface area (Å²) in [4.78, 5) is 18.8. The number of anilines is 1. The molecule has 2 aromatic rings. The Morgan fingerprint density at radius 2 is 2.05 bits per heavy atom. The molecule has 114 valence electrons. The summed E-state index contributed by atoms with van der Waals surface area (Å²) in [5, 5.41) is 14.4. The number of nitro groups is 1. The molecule has 0 saturated heterocycles. The lowest BCUT2D eigenvalue weighted by atomic mass is 10.2. The van der Waals surface area contributed by atoms with Crippen molar-refractivity contribution in [2.24, 2.45) is 0 Å². The van der Waals surface area contributed by atoms with Gasteiger partial charge in [-0.3, -0.25) is 10.1 Å². The summed E-state index contributed by atoms with van der Waals surface area (Å²) in [6.45, 7) is 2.35. The second-order valence-corrected chi connectivity index (χ2v) is 5.52. The molecule has 0 radical (unpaired) electrons. The van der Waals surface area contributed by atoms with Gasteiger partial charge in [0.25, 0.3) is 5.88 Å². The first-order valence-corrected chi connectivity index (χ1v) is 7.04. The summed E-state index contributed by atoms with van der Waals surface area (Å²) in [5.41, 5.74) is 0.453. The predicted molar refractivity (Wildman–Crippen MR) is 80.7 cm³/mol. The van der Waals surface area contributed by atoms with Crippen molar-refractivity contribution < 1.29 is 9.66 Å². The van der Waals surface area contributed by atoms with Gasteiger partial charge in [0.15, 0.2) is 0 Å². The van der Waals surface area contributed by atoms with Gasteiger partial charge in [-0.2, -0.15) is 4.98 Å². The van der Waals surface area contributed by atoms with Gasteiger partial charge in [-0.15, -0.1) is 0 Å². The van der Waals surface area contributed by atoms with E-state index in [1.54, 1.807) is 0 Å². The van der Waals surface area contributed by atoms with E-state index in [4.69, 9.17) is 4.74 Å². The molecule has 0 unspecified atom stereocenters. The minimum absolute atomic E-state index is 0.0237. The van der Waals surface area contributed by atoms with Crippen molar-refractivity contribution in [2.75, 3.05) is 5.32 Å². The molecule has 1 saturated carbocycles. The largest absolute Gasteiger partial charge is 0.466 e. The molecule has 1 heterocycles. The fourth-order valence-corrected chi connectivity index (χ4v) is 2.02. The molecule has 0 spiro atoms. The normalized spacial score (nSPS) is 15.1. The Morgan fingerprint density at radius 3 is 2.68 bits per heavy atom. The van der Waals surface area contributed by atoms with E-state index in [1.165, 1.54) is 6.33 Å². The van der Waals surface area contributed by atoms with Crippen LogP contribution < -0.4 is 10.1 Å². The number of hydrogen-bond acceptors (Lipinski definition) is 6. The molecule has 1 fully saturated rings. The van der Waals surface area contributed by atoms with Crippen molar-refractivity contribution in [1.29, 1.82) is 0 Å². The SMILES string of the molecule is CC1(Oc2ncnc(NCc3ccccc3)c2[N+](=O)[O-])CC1. The highest BCUT2D eigenvalue weighted by Gasteiger charge is 2.42. The van der Waals surface area contributed by atoms with Crippen LogP contribution in [0, 0.1) is 10.1 Å². The first-order chi connectivity index (χ1) is 10.6. The van der Waals surface area contributed by atoms with Gasteiger partial charge in [-0.05, 0) is 25.3 Å². The number of benzene rings is 1. The van der Waals surface area contributed by atoms with E-state index in [2.05, 4.69) is 15.3 Å². The van der Waals surface area contributed by atoms with Gasteiger partial charge in [0, 0.05) is 6.54 Å². The van der Waals surface area contributed by atoms with Crippen LogP contribution in [0.2, 0.25) is 0 Å². The average Bonchev–Trinajstić information content (AvgIpc) is 3.23. The Labute approximate surface area is 127 Å². The number of nitrogens with zero attached hydrogens (tertiary/aromatic N) is 3. The zero-order valence-electron chi connectivity index (χ0n) is 12.2. The maximum atomic E-state index is 11.4. The van der Waals surface area contributed by atoms with Crippen LogP contribution in [0.1, 0.15) is 25.3 Å². The molecule has 1 N–H and O–H groups in total. The topological polar surface area (TPSA) is 90.2 Å². The predicted octanol–water partition coefficient (Wildman–Crippen LogP) is 2.93. The standard InChI is InChI=1S/C15H16N4O3/c1-15(7-8-15)22-14-12(19(20)21)13(17-10-18-14)16-9-11-5-3-2-4-6-11/h2-6,10H,7-9H2,1H3,(H,16,17,18). The van der Waals surface area contributed by atoms with E-state index < -0.39 is 4.92 Å². The summed E-state index contributed by atoms with van der Waals surface area (Å²) in [6, 6.07) is 9.60. The lowest BCUT2D eigenvalue weighted by Gasteiger charge is -2.13. The molecular weight excluding hydrogens is 284 g/mol. The maximum Gasteiger partial charge on any atom is 0.372 e. The highest BCUT2D eigenvalue weighted by atomic mass is 16.6. The molecule has 7 heteroatoms. The van der Waals surface area contributed by atoms with Gasteiger partial charge in [0.05, 0.1) is 4.92 Å². The highest BCUT2D eigenvalue weighted by molar-refractivity contribution is 5.61. The Bertz CT molecular complexity index is 686. The van der Waals surface area contributed by atoms with E-state index in [0.717, 1.165) is 18.4 Å². The van der Waals surface area contributed by atoms with Crippen LogP contribution in [-0.4, -0.2) is 20.5 Å². The summed E-state index contributed by atoms with van der Waals surface area (Å²) in [7, 11) is 0. The molecule has 22 heavy (non-hydrogen) atoms. The fourth-order valence-electron chi connectivity index (χ4n) is 2.02. The lowest BCUT2D eigenvalue weighted by Crippen LogP contribution is -2.15. The van der Waals surface area contributed by atoms with Crippen LogP contribution in [0.3, 0.4) is 0 Å². The zero-order chi connectivity index (χ0) is 15.6. The third-order valence-electron chi connectivity index (χ3n) is 3.57. The minimum atomic E-state index is -0.506. The molecule has 1 aliphatic carbocycles. The average molecular weight is 300 g/mol. The molecular formula is C15H16N4O3. The number of ether oxygens (including phenoxy) is 1. The Kier molecular flexibility index (Phi) is 3.62. The quantitative estimate of drug-likeness (QED) is 0.651. The summed E-state index contributed by atoms with van der Waals surface area (Å²) < 4.78 is 5.67. The van der Waals surface area contributed by atoms with Crippen LogP contribution in [0.15, 0.2) is 36.7 Å². The molecule has 3 rings (SSSR count). The summed E-state index contributed by atoms with van der Waals surface area (Å²) in [6.07, 6.45) is 3.03. The third-order valence-corrected chi connectivity index (χ3v) is 3.57. The first-order valence-electron chi connectivity index (χ1n) is 7.04. The van der Waals surface area contributed by atoms with Crippen LogP contribution in [0.5, 0.6) is 5.88 Å². The smallest absolute Gasteiger partial charge is 0.372 e. The van der Waals surface area contributed by atoms with Crippen LogP contribution in [-0.2, 0) is 6.54 Å². The number of rotatable bonds is 6. The molecule has 0 atom stereocenters. The molecule has 0 amide bonds. The number of hydrogen-bond donors (Lipinski definition) is 1. The second-order valence-electron chi connectivity index (χ2n) is 5.52. The van der Waals surface area contributed by atoms with Crippen molar-refractivity contribution in [2.45, 2.75) is 31.9 Å². The molecule has 0 bridgehead atoms. The van der Waals surface area contributed by atoms with E-state index in [1.807, 2.05) is 37.3 Å². The Balaban J connectivity index is 1.83. The Morgan fingerprint density at radius 1 is 1.32 bits per heavy atom. The van der Waals surface area contributed by atoms with Crippen molar-refractivity contribution in [3.63, 3.8) is 0 Å². The van der Waals surface area contributed by atoms with Crippen molar-refractivity contribution in [3.8, 4) is 5.88 Å². The minimum Gasteiger partial charge on any atom is -0.466 e. The number of nitrogens with one attached hydrogen (secondary N) is 1. The van der Waals surface area contributed by atoms with E-state index in [9.17, 15) is 10.1 Å². The summed E-state index contributed by atoms with van der Waals surface area (Å²) >= 11 is 0. The van der Waals surface area contributed by atoms with Gasteiger partial charge in [-0.25, -0.2) is 4.98 Å². The van der Waals surface area contributed by atoms with Crippen molar-refractivity contribution in [1.82, 2.24) is 9.97 Å². The third kappa shape index (κ3) is 3.13. The van der Waals surface area contributed by atoms with Gasteiger partial charge in [0.1, 0.15) is 11.9 Å². The first kappa shape index (κ1) is 14.2. The van der Waals surface area contributed by atoms with Gasteiger partial charge in [0.2, 0.25) is 5.82 Å². The molecule has 1 aromatic carbocycles. The molecule has 7 nitrogen and oxygen atoms in total. The monoisotopic (exact) mass is 300 g/mol. The zero-order valence-corrected chi connectivity index (χ0v) is 12.2. The van der Waals surface area contributed by atoms with Crippen LogP contribution >= 0.6 is 0 Å². The Hall–Kier alpha value is -2.70. The second kappa shape index (κ2) is 5.59. The van der Waals surface area contributed by atoms with Gasteiger partial charge in [-0.1, -0.05) is 30.3 Å². The highest BCUT2D eigenvalue weighted by Crippen LogP contribution is 2.42.